The summed E-state index contributed by atoms with van der Waals surface area (Å²) in [6, 6.07) is 8.79. The second kappa shape index (κ2) is 7.60. The normalized spacial score (nSPS) is 15.3. The van der Waals surface area contributed by atoms with E-state index in [1.807, 2.05) is 5.16 Å². The summed E-state index contributed by atoms with van der Waals surface area (Å²) in [4.78, 5) is 0. The molecule has 0 heterocycles. The summed E-state index contributed by atoms with van der Waals surface area (Å²) in [5, 5.41) is 1.94. The minimum Gasteiger partial charge on any atom is -0.261 e. The Kier molecular flexibility index (Phi) is 5.71. The number of benzene rings is 2. The third kappa shape index (κ3) is 4.13. The van der Waals surface area contributed by atoms with E-state index in [4.69, 9.17) is 0 Å². The first-order valence-corrected chi connectivity index (χ1v) is 9.93. The lowest BCUT2D eigenvalue weighted by atomic mass is 9.95. The zero-order valence-electron chi connectivity index (χ0n) is 15.6. The van der Waals surface area contributed by atoms with Gasteiger partial charge in [-0.05, 0) is 34.7 Å². The van der Waals surface area contributed by atoms with Gasteiger partial charge in [0.25, 0.3) is 0 Å². The number of rotatable bonds is 5. The van der Waals surface area contributed by atoms with E-state index in [9.17, 15) is 52.3 Å². The fourth-order valence-electron chi connectivity index (χ4n) is 3.04. The van der Waals surface area contributed by atoms with Crippen molar-refractivity contribution in [2.75, 3.05) is 0 Å². The van der Waals surface area contributed by atoms with Gasteiger partial charge in [-0.1, -0.05) is 41.6 Å². The number of hydrogen-bond acceptors (Lipinski definition) is 4. The van der Waals surface area contributed by atoms with Crippen LogP contribution in [0.25, 0.3) is 11.1 Å². The van der Waals surface area contributed by atoms with Gasteiger partial charge in [0.1, 0.15) is 0 Å². The summed E-state index contributed by atoms with van der Waals surface area (Å²) in [6.45, 7) is 0. The molecule has 0 fully saturated rings. The molecule has 15 heteroatoms. The SMILES string of the molecule is O=S(=O)(ON=C(c1ccc2c(c1)Cc1ccccc1-2)C(F)(F)C(F)(F)C(F)(F)F)C(F)(F)F. The Bertz CT molecular complexity index is 1220. The van der Waals surface area contributed by atoms with Crippen molar-refractivity contribution in [1.29, 1.82) is 0 Å². The molecule has 0 unspecified atom stereocenters. The molecule has 0 aromatic heterocycles. The molecule has 1 aliphatic rings. The van der Waals surface area contributed by atoms with Crippen LogP contribution in [0.2, 0.25) is 0 Å². The van der Waals surface area contributed by atoms with E-state index in [1.165, 1.54) is 0 Å². The van der Waals surface area contributed by atoms with Gasteiger partial charge < -0.3 is 0 Å². The van der Waals surface area contributed by atoms with Gasteiger partial charge in [0.15, 0.2) is 5.71 Å². The van der Waals surface area contributed by atoms with Gasteiger partial charge in [0, 0.05) is 5.56 Å². The number of alkyl halides is 10. The quantitative estimate of drug-likeness (QED) is 0.193. The van der Waals surface area contributed by atoms with Crippen LogP contribution in [-0.2, 0) is 20.8 Å². The average Bonchev–Trinajstić information content (AvgIpc) is 3.03. The first-order valence-electron chi connectivity index (χ1n) is 8.52. The third-order valence-corrected chi connectivity index (χ3v) is 5.46. The molecule has 2 aromatic carbocycles. The van der Waals surface area contributed by atoms with Crippen molar-refractivity contribution in [3.63, 3.8) is 0 Å². The topological polar surface area (TPSA) is 55.7 Å². The number of fused-ring (bicyclic) bond motifs is 3. The number of hydrogen-bond donors (Lipinski definition) is 0. The van der Waals surface area contributed by atoms with E-state index in [0.29, 0.717) is 28.8 Å². The van der Waals surface area contributed by atoms with Crippen molar-refractivity contribution >= 4 is 15.8 Å². The monoisotopic (exact) mass is 509 g/mol. The Morgan fingerprint density at radius 3 is 1.97 bits per heavy atom. The summed E-state index contributed by atoms with van der Waals surface area (Å²) in [7, 11) is -6.74. The van der Waals surface area contributed by atoms with E-state index in [2.05, 4.69) is 4.28 Å². The number of oxime groups is 1. The van der Waals surface area contributed by atoms with Crippen molar-refractivity contribution in [2.45, 2.75) is 30.0 Å². The molecular weight excluding hydrogens is 500 g/mol. The van der Waals surface area contributed by atoms with Gasteiger partial charge >= 0.3 is 33.6 Å². The fourth-order valence-corrected chi connectivity index (χ4v) is 3.30. The molecule has 0 spiro atoms. The first-order chi connectivity index (χ1) is 14.9. The molecule has 0 atom stereocenters. The molecule has 0 radical (unpaired) electrons. The molecule has 0 saturated heterocycles. The average molecular weight is 509 g/mol. The van der Waals surface area contributed by atoms with Crippen molar-refractivity contribution in [3.05, 3.63) is 59.2 Å². The number of halogens is 10. The molecule has 1 aliphatic carbocycles. The molecule has 2 aromatic rings. The standard InChI is InChI=1S/C18H9F10NO3S/c19-15(20,16(21,22)17(23,24)25)14(29-32-33(30,31)18(26,27)28)10-5-6-13-11(8-10)7-9-3-1-2-4-12(9)13/h1-6,8H,7H2. The number of nitrogens with zero attached hydrogens (tertiary/aromatic N) is 1. The predicted octanol–water partition coefficient (Wildman–Crippen LogP) is 5.66. The van der Waals surface area contributed by atoms with Crippen molar-refractivity contribution in [2.24, 2.45) is 5.16 Å². The first kappa shape index (κ1) is 24.8. The highest BCUT2D eigenvalue weighted by molar-refractivity contribution is 7.87. The molecule has 0 bridgehead atoms. The summed E-state index contributed by atoms with van der Waals surface area (Å²) in [5.74, 6) is -13.2. The van der Waals surface area contributed by atoms with Crippen molar-refractivity contribution < 1.29 is 56.6 Å². The zero-order valence-corrected chi connectivity index (χ0v) is 16.4. The Morgan fingerprint density at radius 1 is 0.818 bits per heavy atom. The van der Waals surface area contributed by atoms with Crippen LogP contribution < -0.4 is 0 Å². The van der Waals surface area contributed by atoms with E-state index in [1.54, 1.807) is 24.3 Å². The van der Waals surface area contributed by atoms with Crippen LogP contribution in [0.3, 0.4) is 0 Å². The highest BCUT2D eigenvalue weighted by atomic mass is 32.2. The molecule has 0 N–H and O–H groups in total. The fraction of sp³-hybridized carbons (Fsp3) is 0.278. The van der Waals surface area contributed by atoms with Crippen LogP contribution in [0.15, 0.2) is 47.6 Å². The Hall–Kier alpha value is -2.84. The van der Waals surface area contributed by atoms with Gasteiger partial charge in [-0.15, -0.1) is 0 Å². The van der Waals surface area contributed by atoms with Crippen LogP contribution in [0.4, 0.5) is 43.9 Å². The molecule has 3 rings (SSSR count). The lowest BCUT2D eigenvalue weighted by molar-refractivity contribution is -0.336. The summed E-state index contributed by atoms with van der Waals surface area (Å²) < 4.78 is 156. The molecule has 33 heavy (non-hydrogen) atoms. The van der Waals surface area contributed by atoms with E-state index in [-0.39, 0.29) is 12.0 Å². The van der Waals surface area contributed by atoms with Crippen LogP contribution >= 0.6 is 0 Å². The Balaban J connectivity index is 2.17. The molecule has 180 valence electrons. The Labute approximate surface area is 178 Å². The molecular formula is C18H9F10NO3S. The van der Waals surface area contributed by atoms with Crippen LogP contribution in [-0.4, -0.2) is 37.7 Å². The summed E-state index contributed by atoms with van der Waals surface area (Å²) in [6.07, 6.45) is -6.84. The van der Waals surface area contributed by atoms with Crippen molar-refractivity contribution in [3.8, 4) is 11.1 Å². The Morgan fingerprint density at radius 2 is 1.39 bits per heavy atom. The lowest BCUT2D eigenvalue weighted by Crippen LogP contribution is -2.56. The minimum atomic E-state index is -6.87. The summed E-state index contributed by atoms with van der Waals surface area (Å²) >= 11 is 0. The largest absolute Gasteiger partial charge is 0.536 e. The van der Waals surface area contributed by atoms with Crippen LogP contribution in [0.1, 0.15) is 16.7 Å². The smallest absolute Gasteiger partial charge is 0.261 e. The lowest BCUT2D eigenvalue weighted by Gasteiger charge is -2.29. The summed E-state index contributed by atoms with van der Waals surface area (Å²) in [5.41, 5.74) is -8.30. The van der Waals surface area contributed by atoms with Gasteiger partial charge in [0.05, 0.1) is 0 Å². The maximum atomic E-state index is 14.4. The zero-order chi connectivity index (χ0) is 25.0. The molecule has 0 saturated carbocycles. The van der Waals surface area contributed by atoms with E-state index >= 15 is 0 Å². The third-order valence-electron chi connectivity index (χ3n) is 4.63. The maximum Gasteiger partial charge on any atom is 0.536 e. The van der Waals surface area contributed by atoms with Crippen LogP contribution in [0, 0.1) is 0 Å². The second-order valence-corrected chi connectivity index (χ2v) is 8.29. The van der Waals surface area contributed by atoms with Gasteiger partial charge in [-0.3, -0.25) is 4.28 Å². The van der Waals surface area contributed by atoms with Gasteiger partial charge in [-0.2, -0.15) is 52.3 Å². The minimum absolute atomic E-state index is 0.0234. The second-order valence-electron chi connectivity index (χ2n) is 6.77. The predicted molar refractivity (Wildman–Crippen MR) is 93.2 cm³/mol. The molecule has 4 nitrogen and oxygen atoms in total. The molecule has 0 amide bonds. The van der Waals surface area contributed by atoms with Gasteiger partial charge in [-0.25, -0.2) is 0 Å². The highest BCUT2D eigenvalue weighted by Crippen LogP contribution is 2.48. The van der Waals surface area contributed by atoms with E-state index in [0.717, 1.165) is 6.07 Å². The maximum absolute atomic E-state index is 14.4. The van der Waals surface area contributed by atoms with Crippen LogP contribution in [0.5, 0.6) is 0 Å². The van der Waals surface area contributed by atoms with E-state index < -0.39 is 44.9 Å². The van der Waals surface area contributed by atoms with Gasteiger partial charge in [0.2, 0.25) is 0 Å². The van der Waals surface area contributed by atoms with Crippen molar-refractivity contribution in [1.82, 2.24) is 0 Å². The molecule has 0 aliphatic heterocycles. The highest BCUT2D eigenvalue weighted by Gasteiger charge is 2.75.